The number of fused-ring (bicyclic) bond motifs is 1. The lowest BCUT2D eigenvalue weighted by molar-refractivity contribution is 0.174. The van der Waals surface area contributed by atoms with Gasteiger partial charge in [0, 0.05) is 20.1 Å². The lowest BCUT2D eigenvalue weighted by Gasteiger charge is -2.18. The van der Waals surface area contributed by atoms with Gasteiger partial charge in [-0.1, -0.05) is 36.4 Å². The van der Waals surface area contributed by atoms with Crippen molar-refractivity contribution in [2.45, 2.75) is 13.1 Å². The van der Waals surface area contributed by atoms with E-state index in [1.165, 1.54) is 0 Å². The van der Waals surface area contributed by atoms with Gasteiger partial charge < -0.3 is 19.7 Å². The van der Waals surface area contributed by atoms with Crippen molar-refractivity contribution >= 4 is 6.03 Å². The van der Waals surface area contributed by atoms with Crippen LogP contribution in [0.2, 0.25) is 0 Å². The summed E-state index contributed by atoms with van der Waals surface area (Å²) in [6.45, 7) is 1.29. The highest BCUT2D eigenvalue weighted by molar-refractivity contribution is 5.73. The van der Waals surface area contributed by atoms with Gasteiger partial charge in [-0.25, -0.2) is 4.79 Å². The SMILES string of the molecule is CN(Cc1ccccc1)C(=O)NCc1ccc2c(c1)OCO2. The van der Waals surface area contributed by atoms with Crippen LogP contribution in [0.5, 0.6) is 11.5 Å². The van der Waals surface area contributed by atoms with E-state index >= 15 is 0 Å². The number of benzene rings is 2. The topological polar surface area (TPSA) is 50.8 Å². The largest absolute Gasteiger partial charge is 0.454 e. The Morgan fingerprint density at radius 2 is 1.86 bits per heavy atom. The van der Waals surface area contributed by atoms with E-state index in [0.29, 0.717) is 13.1 Å². The van der Waals surface area contributed by atoms with Crippen LogP contribution in [0.3, 0.4) is 0 Å². The maximum atomic E-state index is 12.1. The summed E-state index contributed by atoms with van der Waals surface area (Å²) < 4.78 is 10.6. The fourth-order valence-electron chi connectivity index (χ4n) is 2.29. The fraction of sp³-hybridized carbons (Fsp3) is 0.235. The summed E-state index contributed by atoms with van der Waals surface area (Å²) in [5.74, 6) is 1.47. The van der Waals surface area contributed by atoms with E-state index in [-0.39, 0.29) is 12.8 Å². The van der Waals surface area contributed by atoms with Gasteiger partial charge in [0.2, 0.25) is 6.79 Å². The number of rotatable bonds is 4. The van der Waals surface area contributed by atoms with Crippen molar-refractivity contribution in [3.8, 4) is 11.5 Å². The lowest BCUT2D eigenvalue weighted by Crippen LogP contribution is -2.36. The number of urea groups is 1. The molecule has 22 heavy (non-hydrogen) atoms. The maximum Gasteiger partial charge on any atom is 0.317 e. The average molecular weight is 298 g/mol. The third-order valence-corrected chi connectivity index (χ3v) is 3.49. The third-order valence-electron chi connectivity index (χ3n) is 3.49. The molecular formula is C17H18N2O3. The average Bonchev–Trinajstić information content (AvgIpc) is 3.01. The minimum absolute atomic E-state index is 0.110. The molecule has 1 aliphatic heterocycles. The van der Waals surface area contributed by atoms with Gasteiger partial charge in [0.15, 0.2) is 11.5 Å². The Bertz CT molecular complexity index is 658. The summed E-state index contributed by atoms with van der Waals surface area (Å²) in [4.78, 5) is 13.8. The van der Waals surface area contributed by atoms with Crippen LogP contribution in [-0.4, -0.2) is 24.8 Å². The van der Waals surface area contributed by atoms with Crippen molar-refractivity contribution in [3.63, 3.8) is 0 Å². The Balaban J connectivity index is 1.53. The summed E-state index contributed by atoms with van der Waals surface area (Å²) in [6.07, 6.45) is 0. The summed E-state index contributed by atoms with van der Waals surface area (Å²) in [5, 5.41) is 2.90. The quantitative estimate of drug-likeness (QED) is 0.944. The molecular weight excluding hydrogens is 280 g/mol. The molecule has 5 heteroatoms. The first-order chi connectivity index (χ1) is 10.7. The summed E-state index contributed by atoms with van der Waals surface area (Å²) >= 11 is 0. The number of hydrogen-bond acceptors (Lipinski definition) is 3. The number of ether oxygens (including phenoxy) is 2. The van der Waals surface area contributed by atoms with Gasteiger partial charge in [0.05, 0.1) is 0 Å². The van der Waals surface area contributed by atoms with Gasteiger partial charge in [0.1, 0.15) is 0 Å². The van der Waals surface area contributed by atoms with Gasteiger partial charge in [0.25, 0.3) is 0 Å². The number of nitrogens with one attached hydrogen (secondary N) is 1. The molecule has 0 radical (unpaired) electrons. The van der Waals surface area contributed by atoms with E-state index in [1.54, 1.807) is 11.9 Å². The number of nitrogens with zero attached hydrogens (tertiary/aromatic N) is 1. The van der Waals surface area contributed by atoms with Crippen molar-refractivity contribution in [1.29, 1.82) is 0 Å². The molecule has 0 saturated heterocycles. The van der Waals surface area contributed by atoms with E-state index in [4.69, 9.17) is 9.47 Å². The molecule has 0 unspecified atom stereocenters. The minimum Gasteiger partial charge on any atom is -0.454 e. The molecule has 114 valence electrons. The molecule has 3 rings (SSSR count). The smallest absolute Gasteiger partial charge is 0.317 e. The van der Waals surface area contributed by atoms with Crippen molar-refractivity contribution in [1.82, 2.24) is 10.2 Å². The zero-order valence-electron chi connectivity index (χ0n) is 12.4. The van der Waals surface area contributed by atoms with Gasteiger partial charge in [-0.15, -0.1) is 0 Å². The molecule has 2 amide bonds. The molecule has 2 aromatic carbocycles. The predicted molar refractivity (Wildman–Crippen MR) is 82.7 cm³/mol. The van der Waals surface area contributed by atoms with E-state index in [2.05, 4.69) is 5.32 Å². The normalized spacial score (nSPS) is 12.0. The van der Waals surface area contributed by atoms with E-state index in [9.17, 15) is 4.79 Å². The van der Waals surface area contributed by atoms with Gasteiger partial charge in [-0.3, -0.25) is 0 Å². The van der Waals surface area contributed by atoms with Crippen LogP contribution in [-0.2, 0) is 13.1 Å². The monoisotopic (exact) mass is 298 g/mol. The highest BCUT2D eigenvalue weighted by atomic mass is 16.7. The van der Waals surface area contributed by atoms with E-state index in [1.807, 2.05) is 48.5 Å². The van der Waals surface area contributed by atoms with E-state index in [0.717, 1.165) is 22.6 Å². The Morgan fingerprint density at radius 1 is 1.09 bits per heavy atom. The van der Waals surface area contributed by atoms with Crippen LogP contribution in [0, 0.1) is 0 Å². The lowest BCUT2D eigenvalue weighted by atomic mass is 10.2. The zero-order chi connectivity index (χ0) is 15.4. The molecule has 0 spiro atoms. The molecule has 5 nitrogen and oxygen atoms in total. The van der Waals surface area contributed by atoms with Crippen LogP contribution in [0.4, 0.5) is 4.79 Å². The van der Waals surface area contributed by atoms with Gasteiger partial charge >= 0.3 is 6.03 Å². The second kappa shape index (κ2) is 6.39. The maximum absolute atomic E-state index is 12.1. The second-order valence-corrected chi connectivity index (χ2v) is 5.19. The van der Waals surface area contributed by atoms with E-state index < -0.39 is 0 Å². The van der Waals surface area contributed by atoms with Crippen LogP contribution in [0.15, 0.2) is 48.5 Å². The first-order valence-corrected chi connectivity index (χ1v) is 7.14. The number of hydrogen-bond donors (Lipinski definition) is 1. The molecule has 0 atom stereocenters. The molecule has 1 aliphatic rings. The number of carbonyl (C=O) groups excluding carboxylic acids is 1. The van der Waals surface area contributed by atoms with Crippen molar-refractivity contribution in [2.75, 3.05) is 13.8 Å². The Kier molecular flexibility index (Phi) is 4.14. The minimum atomic E-state index is -0.110. The molecule has 0 bridgehead atoms. The summed E-state index contributed by atoms with van der Waals surface area (Å²) in [5.41, 5.74) is 2.08. The van der Waals surface area contributed by atoms with Crippen molar-refractivity contribution in [2.24, 2.45) is 0 Å². The van der Waals surface area contributed by atoms with Crippen molar-refractivity contribution in [3.05, 3.63) is 59.7 Å². The van der Waals surface area contributed by atoms with Crippen LogP contribution in [0.25, 0.3) is 0 Å². The second-order valence-electron chi connectivity index (χ2n) is 5.19. The van der Waals surface area contributed by atoms with Crippen molar-refractivity contribution < 1.29 is 14.3 Å². The summed E-state index contributed by atoms with van der Waals surface area (Å²) in [6, 6.07) is 15.5. The predicted octanol–water partition coefficient (Wildman–Crippen LogP) is 2.76. The van der Waals surface area contributed by atoms with Crippen LogP contribution < -0.4 is 14.8 Å². The van der Waals surface area contributed by atoms with Gasteiger partial charge in [-0.2, -0.15) is 0 Å². The van der Waals surface area contributed by atoms with Crippen LogP contribution in [0.1, 0.15) is 11.1 Å². The molecule has 1 heterocycles. The Morgan fingerprint density at radius 3 is 2.68 bits per heavy atom. The van der Waals surface area contributed by atoms with Gasteiger partial charge in [-0.05, 0) is 23.3 Å². The standard InChI is InChI=1S/C17H18N2O3/c1-19(11-13-5-3-2-4-6-13)17(20)18-10-14-7-8-15-16(9-14)22-12-21-15/h2-9H,10-12H2,1H3,(H,18,20). The Hall–Kier alpha value is -2.69. The molecule has 0 fully saturated rings. The highest BCUT2D eigenvalue weighted by Gasteiger charge is 2.14. The molecule has 2 aromatic rings. The Labute approximate surface area is 129 Å². The first kappa shape index (κ1) is 14.3. The summed E-state index contributed by atoms with van der Waals surface area (Å²) in [7, 11) is 1.78. The number of amides is 2. The molecule has 0 aliphatic carbocycles. The van der Waals surface area contributed by atoms with Crippen LogP contribution >= 0.6 is 0 Å². The molecule has 1 N–H and O–H groups in total. The third kappa shape index (κ3) is 3.31. The zero-order valence-corrected chi connectivity index (χ0v) is 12.4. The fourth-order valence-corrected chi connectivity index (χ4v) is 2.29. The molecule has 0 saturated carbocycles. The number of carbonyl (C=O) groups is 1. The first-order valence-electron chi connectivity index (χ1n) is 7.14. The molecule has 0 aromatic heterocycles. The highest BCUT2D eigenvalue weighted by Crippen LogP contribution is 2.32.